The first-order valence-corrected chi connectivity index (χ1v) is 5.53. The van der Waals surface area contributed by atoms with Crippen molar-refractivity contribution >= 4 is 11.8 Å². The van der Waals surface area contributed by atoms with Gasteiger partial charge in [-0.15, -0.1) is 0 Å². The molecule has 5 heteroatoms. The molecule has 0 aromatic rings. The number of nitrogens with zero attached hydrogens (tertiary/aromatic N) is 2. The van der Waals surface area contributed by atoms with Gasteiger partial charge in [0.2, 0.25) is 11.8 Å². The summed E-state index contributed by atoms with van der Waals surface area (Å²) in [5.74, 6) is -1.06. The quantitative estimate of drug-likeness (QED) is 0.730. The molecule has 1 heterocycles. The highest BCUT2D eigenvalue weighted by molar-refractivity contribution is 5.89. The van der Waals surface area contributed by atoms with Gasteiger partial charge in [-0.25, -0.2) is 0 Å². The van der Waals surface area contributed by atoms with Gasteiger partial charge >= 0.3 is 0 Å². The van der Waals surface area contributed by atoms with Gasteiger partial charge in [-0.05, 0) is 26.2 Å². The Morgan fingerprint density at radius 3 is 2.75 bits per heavy atom. The van der Waals surface area contributed by atoms with Crippen molar-refractivity contribution in [3.63, 3.8) is 0 Å². The molecule has 1 aliphatic heterocycles. The van der Waals surface area contributed by atoms with Gasteiger partial charge in [0.1, 0.15) is 12.0 Å². The summed E-state index contributed by atoms with van der Waals surface area (Å²) >= 11 is 0. The molecular weight excluding hydrogens is 206 g/mol. The maximum Gasteiger partial charge on any atom is 0.242 e. The largest absolute Gasteiger partial charge is 0.357 e. The fourth-order valence-corrected chi connectivity index (χ4v) is 1.94. The molecule has 0 radical (unpaired) electrons. The lowest BCUT2D eigenvalue weighted by Crippen LogP contribution is -2.52. The molecule has 16 heavy (non-hydrogen) atoms. The van der Waals surface area contributed by atoms with Gasteiger partial charge in [-0.1, -0.05) is 0 Å². The zero-order valence-corrected chi connectivity index (χ0v) is 9.69. The molecule has 2 atom stereocenters. The Bertz CT molecular complexity index is 322. The van der Waals surface area contributed by atoms with E-state index in [1.54, 1.807) is 14.0 Å². The predicted molar refractivity (Wildman–Crippen MR) is 58.2 cm³/mol. The SMILES string of the molecule is CNC(=O)C1CCCCN1C(=O)C(C)C#N. The monoisotopic (exact) mass is 223 g/mol. The first-order chi connectivity index (χ1) is 7.61. The van der Waals surface area contributed by atoms with Gasteiger partial charge in [-0.3, -0.25) is 9.59 Å². The third-order valence-corrected chi connectivity index (χ3v) is 2.90. The molecule has 0 saturated carbocycles. The summed E-state index contributed by atoms with van der Waals surface area (Å²) in [6.07, 6.45) is 2.53. The minimum absolute atomic E-state index is 0.141. The summed E-state index contributed by atoms with van der Waals surface area (Å²) in [7, 11) is 1.56. The van der Waals surface area contributed by atoms with Crippen molar-refractivity contribution in [2.45, 2.75) is 32.2 Å². The normalized spacial score (nSPS) is 22.1. The number of rotatable bonds is 2. The number of nitrogens with one attached hydrogen (secondary N) is 1. The third kappa shape index (κ3) is 2.51. The number of likely N-dealkylation sites (tertiary alicyclic amines) is 1. The molecule has 0 aromatic heterocycles. The van der Waals surface area contributed by atoms with Gasteiger partial charge in [-0.2, -0.15) is 5.26 Å². The van der Waals surface area contributed by atoms with Crippen LogP contribution in [0.4, 0.5) is 0 Å². The maximum absolute atomic E-state index is 11.9. The van der Waals surface area contributed by atoms with Crippen LogP contribution in [0.5, 0.6) is 0 Å². The summed E-state index contributed by atoms with van der Waals surface area (Å²) in [5.41, 5.74) is 0. The molecular formula is C11H17N3O2. The van der Waals surface area contributed by atoms with Crippen LogP contribution in [0.2, 0.25) is 0 Å². The third-order valence-electron chi connectivity index (χ3n) is 2.90. The molecule has 0 spiro atoms. The molecule has 1 fully saturated rings. The Morgan fingerprint density at radius 2 is 2.19 bits per heavy atom. The first-order valence-electron chi connectivity index (χ1n) is 5.53. The number of hydrogen-bond acceptors (Lipinski definition) is 3. The molecule has 2 amide bonds. The van der Waals surface area contributed by atoms with Crippen LogP contribution in [-0.4, -0.2) is 36.3 Å². The van der Waals surface area contributed by atoms with Crippen molar-refractivity contribution < 1.29 is 9.59 Å². The predicted octanol–water partition coefficient (Wildman–Crippen LogP) is 0.273. The molecule has 88 valence electrons. The van der Waals surface area contributed by atoms with Crippen molar-refractivity contribution in [2.24, 2.45) is 5.92 Å². The standard InChI is InChI=1S/C11H17N3O2/c1-8(7-12)11(16)14-6-4-3-5-9(14)10(15)13-2/h8-9H,3-6H2,1-2H3,(H,13,15). The van der Waals surface area contributed by atoms with E-state index in [0.717, 1.165) is 12.8 Å². The Labute approximate surface area is 95.4 Å². The van der Waals surface area contributed by atoms with Crippen LogP contribution in [0.15, 0.2) is 0 Å². The molecule has 1 aliphatic rings. The Balaban J connectivity index is 2.78. The second-order valence-electron chi connectivity index (χ2n) is 4.01. The summed E-state index contributed by atoms with van der Waals surface area (Å²) < 4.78 is 0. The number of likely N-dealkylation sites (N-methyl/N-ethyl adjacent to an activating group) is 1. The number of piperidine rings is 1. The average molecular weight is 223 g/mol. The fraction of sp³-hybridized carbons (Fsp3) is 0.727. The van der Waals surface area contributed by atoms with E-state index >= 15 is 0 Å². The van der Waals surface area contributed by atoms with E-state index in [9.17, 15) is 9.59 Å². The highest BCUT2D eigenvalue weighted by Crippen LogP contribution is 2.19. The molecule has 2 unspecified atom stereocenters. The summed E-state index contributed by atoms with van der Waals surface area (Å²) in [6.45, 7) is 2.14. The highest BCUT2D eigenvalue weighted by atomic mass is 16.2. The second-order valence-corrected chi connectivity index (χ2v) is 4.01. The Kier molecular flexibility index (Phi) is 4.29. The Hall–Kier alpha value is -1.57. The van der Waals surface area contributed by atoms with Crippen LogP contribution < -0.4 is 5.32 Å². The molecule has 5 nitrogen and oxygen atoms in total. The zero-order chi connectivity index (χ0) is 12.1. The second kappa shape index (κ2) is 5.50. The smallest absolute Gasteiger partial charge is 0.242 e. The van der Waals surface area contributed by atoms with Crippen LogP contribution in [0, 0.1) is 17.2 Å². The van der Waals surface area contributed by atoms with E-state index in [-0.39, 0.29) is 11.8 Å². The van der Waals surface area contributed by atoms with E-state index in [0.29, 0.717) is 13.0 Å². The summed E-state index contributed by atoms with van der Waals surface area (Å²) in [6, 6.07) is 1.52. The van der Waals surface area contributed by atoms with Crippen molar-refractivity contribution in [1.82, 2.24) is 10.2 Å². The number of amides is 2. The molecule has 0 aromatic carbocycles. The van der Waals surface area contributed by atoms with Crippen molar-refractivity contribution in [3.8, 4) is 6.07 Å². The van der Waals surface area contributed by atoms with Crippen LogP contribution in [0.1, 0.15) is 26.2 Å². The van der Waals surface area contributed by atoms with Crippen molar-refractivity contribution in [2.75, 3.05) is 13.6 Å². The molecule has 1 saturated heterocycles. The van der Waals surface area contributed by atoms with E-state index in [1.165, 1.54) is 4.90 Å². The number of carbonyl (C=O) groups is 2. The average Bonchev–Trinajstić information content (AvgIpc) is 2.35. The van der Waals surface area contributed by atoms with Crippen LogP contribution in [0.25, 0.3) is 0 Å². The van der Waals surface area contributed by atoms with E-state index in [4.69, 9.17) is 5.26 Å². The van der Waals surface area contributed by atoms with Crippen LogP contribution in [0.3, 0.4) is 0 Å². The highest BCUT2D eigenvalue weighted by Gasteiger charge is 2.33. The topological polar surface area (TPSA) is 73.2 Å². The van der Waals surface area contributed by atoms with E-state index < -0.39 is 12.0 Å². The molecule has 1 rings (SSSR count). The molecule has 0 aliphatic carbocycles. The summed E-state index contributed by atoms with van der Waals surface area (Å²) in [4.78, 5) is 25.0. The lowest BCUT2D eigenvalue weighted by Gasteiger charge is -2.35. The van der Waals surface area contributed by atoms with Gasteiger partial charge < -0.3 is 10.2 Å². The van der Waals surface area contributed by atoms with Crippen LogP contribution >= 0.6 is 0 Å². The molecule has 0 bridgehead atoms. The van der Waals surface area contributed by atoms with Crippen LogP contribution in [-0.2, 0) is 9.59 Å². The van der Waals surface area contributed by atoms with E-state index in [1.807, 2.05) is 6.07 Å². The van der Waals surface area contributed by atoms with E-state index in [2.05, 4.69) is 5.32 Å². The van der Waals surface area contributed by atoms with Gasteiger partial charge in [0.15, 0.2) is 0 Å². The lowest BCUT2D eigenvalue weighted by molar-refractivity contribution is -0.143. The van der Waals surface area contributed by atoms with Gasteiger partial charge in [0.25, 0.3) is 0 Å². The molecule has 1 N–H and O–H groups in total. The zero-order valence-electron chi connectivity index (χ0n) is 9.69. The minimum Gasteiger partial charge on any atom is -0.357 e. The number of carbonyl (C=O) groups excluding carboxylic acids is 2. The Morgan fingerprint density at radius 1 is 1.50 bits per heavy atom. The lowest BCUT2D eigenvalue weighted by atomic mass is 9.99. The van der Waals surface area contributed by atoms with Gasteiger partial charge in [0.05, 0.1) is 6.07 Å². The first kappa shape index (κ1) is 12.5. The maximum atomic E-state index is 11.9. The minimum atomic E-state index is -0.676. The van der Waals surface area contributed by atoms with Crippen molar-refractivity contribution in [3.05, 3.63) is 0 Å². The summed E-state index contributed by atoms with van der Waals surface area (Å²) in [5, 5.41) is 11.3. The number of nitriles is 1. The van der Waals surface area contributed by atoms with Gasteiger partial charge in [0, 0.05) is 13.6 Å². The fourth-order valence-electron chi connectivity index (χ4n) is 1.94. The number of hydrogen-bond donors (Lipinski definition) is 1. The van der Waals surface area contributed by atoms with Crippen molar-refractivity contribution in [1.29, 1.82) is 5.26 Å².